The topological polar surface area (TPSA) is 54.4 Å². The predicted molar refractivity (Wildman–Crippen MR) is 63.1 cm³/mol. The number of hydrogen-bond donors (Lipinski definition) is 1. The lowest BCUT2D eigenvalue weighted by Crippen LogP contribution is -1.98. The third-order valence-corrected chi connectivity index (χ3v) is 2.58. The fraction of sp³-hybridized carbons (Fsp3) is 0.0909. The van der Waals surface area contributed by atoms with Crippen LogP contribution >= 0.6 is 23.2 Å². The number of ketones is 1. The Balaban J connectivity index is 3.32. The summed E-state index contributed by atoms with van der Waals surface area (Å²) in [6.45, 7) is 1.37. The first-order chi connectivity index (χ1) is 7.43. The van der Waals surface area contributed by atoms with Crippen LogP contribution < -0.4 is 0 Å². The van der Waals surface area contributed by atoms with E-state index in [9.17, 15) is 9.59 Å². The molecule has 0 aliphatic carbocycles. The first-order valence-electron chi connectivity index (χ1n) is 4.33. The van der Waals surface area contributed by atoms with Crippen molar-refractivity contribution in [2.75, 3.05) is 0 Å². The second-order valence-corrected chi connectivity index (χ2v) is 3.86. The number of carboxylic acid groups (broad SMARTS) is 1. The van der Waals surface area contributed by atoms with Crippen LogP contribution in [0.1, 0.15) is 22.8 Å². The monoisotopic (exact) mass is 258 g/mol. The van der Waals surface area contributed by atoms with E-state index in [2.05, 4.69) is 0 Å². The minimum Gasteiger partial charge on any atom is -0.478 e. The highest BCUT2D eigenvalue weighted by molar-refractivity contribution is 6.39. The first-order valence-corrected chi connectivity index (χ1v) is 5.09. The van der Waals surface area contributed by atoms with Crippen molar-refractivity contribution in [3.05, 3.63) is 39.4 Å². The summed E-state index contributed by atoms with van der Waals surface area (Å²) in [5, 5.41) is 9.16. The molecule has 0 atom stereocenters. The maximum Gasteiger partial charge on any atom is 0.337 e. The van der Waals surface area contributed by atoms with Crippen molar-refractivity contribution in [1.82, 2.24) is 0 Å². The summed E-state index contributed by atoms with van der Waals surface area (Å²) in [6, 6.07) is 2.74. The molecule has 0 bridgehead atoms. The van der Waals surface area contributed by atoms with E-state index in [1.165, 1.54) is 31.2 Å². The molecule has 16 heavy (non-hydrogen) atoms. The van der Waals surface area contributed by atoms with Crippen LogP contribution in [0.15, 0.2) is 18.2 Å². The standard InChI is InChI=1S/C11H8Cl2O3/c1-6(14)2-3-7-9(12)5-4-8(10(7)13)11(15)16/h2-5H,1H3,(H,15,16). The van der Waals surface area contributed by atoms with Gasteiger partial charge in [-0.25, -0.2) is 4.79 Å². The molecule has 0 amide bonds. The van der Waals surface area contributed by atoms with E-state index in [1.807, 2.05) is 0 Å². The Morgan fingerprint density at radius 3 is 2.44 bits per heavy atom. The second kappa shape index (κ2) is 5.14. The molecule has 84 valence electrons. The summed E-state index contributed by atoms with van der Waals surface area (Å²) in [4.78, 5) is 21.6. The fourth-order valence-electron chi connectivity index (χ4n) is 1.09. The molecule has 1 N–H and O–H groups in total. The van der Waals surface area contributed by atoms with Crippen LogP contribution in [0, 0.1) is 0 Å². The van der Waals surface area contributed by atoms with E-state index in [4.69, 9.17) is 28.3 Å². The Labute approximate surface area is 102 Å². The van der Waals surface area contributed by atoms with E-state index in [0.29, 0.717) is 10.6 Å². The average Bonchev–Trinajstić information content (AvgIpc) is 2.16. The summed E-state index contributed by atoms with van der Waals surface area (Å²) >= 11 is 11.7. The third kappa shape index (κ3) is 2.84. The summed E-state index contributed by atoms with van der Waals surface area (Å²) in [5.41, 5.74) is 0.285. The number of carbonyl (C=O) groups excluding carboxylic acids is 1. The molecule has 0 radical (unpaired) electrons. The van der Waals surface area contributed by atoms with Crippen LogP contribution in [-0.4, -0.2) is 16.9 Å². The van der Waals surface area contributed by atoms with Crippen LogP contribution in [0.3, 0.4) is 0 Å². The smallest absolute Gasteiger partial charge is 0.337 e. The van der Waals surface area contributed by atoms with Crippen LogP contribution in [0.25, 0.3) is 6.08 Å². The highest BCUT2D eigenvalue weighted by Gasteiger charge is 2.13. The van der Waals surface area contributed by atoms with Crippen molar-refractivity contribution >= 4 is 41.0 Å². The molecule has 0 fully saturated rings. The highest BCUT2D eigenvalue weighted by Crippen LogP contribution is 2.29. The van der Waals surface area contributed by atoms with E-state index < -0.39 is 5.97 Å². The van der Waals surface area contributed by atoms with Gasteiger partial charge in [-0.05, 0) is 31.2 Å². The number of halogens is 2. The number of hydrogen-bond acceptors (Lipinski definition) is 2. The second-order valence-electron chi connectivity index (χ2n) is 3.07. The Bertz CT molecular complexity index is 478. The number of rotatable bonds is 3. The Morgan fingerprint density at radius 1 is 1.31 bits per heavy atom. The molecule has 1 aromatic rings. The molecular weight excluding hydrogens is 251 g/mol. The lowest BCUT2D eigenvalue weighted by Gasteiger charge is -2.04. The molecule has 0 saturated carbocycles. The molecule has 3 nitrogen and oxygen atoms in total. The van der Waals surface area contributed by atoms with Gasteiger partial charge in [-0.1, -0.05) is 23.2 Å². The highest BCUT2D eigenvalue weighted by atomic mass is 35.5. The SMILES string of the molecule is CC(=O)C=Cc1c(Cl)ccc(C(=O)O)c1Cl. The van der Waals surface area contributed by atoms with Crippen molar-refractivity contribution in [3.63, 3.8) is 0 Å². The van der Waals surface area contributed by atoms with Crippen molar-refractivity contribution in [3.8, 4) is 0 Å². The largest absolute Gasteiger partial charge is 0.478 e. The van der Waals surface area contributed by atoms with E-state index in [0.717, 1.165) is 0 Å². The van der Waals surface area contributed by atoms with Gasteiger partial charge < -0.3 is 5.11 Å². The van der Waals surface area contributed by atoms with Crippen molar-refractivity contribution in [2.45, 2.75) is 6.92 Å². The van der Waals surface area contributed by atoms with Gasteiger partial charge in [0, 0.05) is 10.6 Å². The Morgan fingerprint density at radius 2 is 1.94 bits per heavy atom. The molecule has 0 heterocycles. The number of carboxylic acids is 1. The van der Waals surface area contributed by atoms with Gasteiger partial charge in [0.2, 0.25) is 0 Å². The first kappa shape index (κ1) is 12.7. The predicted octanol–water partition coefficient (Wildman–Crippen LogP) is 3.29. The number of aromatic carboxylic acids is 1. The zero-order valence-electron chi connectivity index (χ0n) is 8.33. The molecule has 5 heteroatoms. The quantitative estimate of drug-likeness (QED) is 0.847. The molecule has 0 aliphatic rings. The van der Waals surface area contributed by atoms with Gasteiger partial charge in [-0.2, -0.15) is 0 Å². The normalized spacial score (nSPS) is 10.7. The Kier molecular flexibility index (Phi) is 4.10. The van der Waals surface area contributed by atoms with Crippen molar-refractivity contribution < 1.29 is 14.7 Å². The third-order valence-electron chi connectivity index (χ3n) is 1.84. The minimum atomic E-state index is -1.14. The molecule has 0 aromatic heterocycles. The van der Waals surface area contributed by atoms with Crippen LogP contribution in [-0.2, 0) is 4.79 Å². The van der Waals surface area contributed by atoms with E-state index in [-0.39, 0.29) is 16.4 Å². The zero-order chi connectivity index (χ0) is 12.3. The van der Waals surface area contributed by atoms with Crippen LogP contribution in [0.2, 0.25) is 10.0 Å². The average molecular weight is 259 g/mol. The molecule has 1 rings (SSSR count). The lowest BCUT2D eigenvalue weighted by atomic mass is 10.1. The van der Waals surface area contributed by atoms with Crippen molar-refractivity contribution in [2.24, 2.45) is 0 Å². The number of carbonyl (C=O) groups is 2. The molecular formula is C11H8Cl2O3. The summed E-state index contributed by atoms with van der Waals surface area (Å²) in [7, 11) is 0. The van der Waals surface area contributed by atoms with Gasteiger partial charge in [-0.15, -0.1) is 0 Å². The lowest BCUT2D eigenvalue weighted by molar-refractivity contribution is -0.112. The molecule has 0 saturated heterocycles. The van der Waals surface area contributed by atoms with E-state index in [1.54, 1.807) is 0 Å². The van der Waals surface area contributed by atoms with Crippen LogP contribution in [0.4, 0.5) is 0 Å². The van der Waals surface area contributed by atoms with Gasteiger partial charge in [0.25, 0.3) is 0 Å². The molecule has 0 unspecified atom stereocenters. The Hall–Kier alpha value is -1.32. The molecule has 0 spiro atoms. The van der Waals surface area contributed by atoms with Gasteiger partial charge in [-0.3, -0.25) is 4.79 Å². The maximum absolute atomic E-state index is 10.8. The minimum absolute atomic E-state index is 0.0255. The number of allylic oxidation sites excluding steroid dienone is 1. The summed E-state index contributed by atoms with van der Waals surface area (Å²) in [5.74, 6) is -1.31. The fourth-order valence-corrected chi connectivity index (χ4v) is 1.67. The zero-order valence-corrected chi connectivity index (χ0v) is 9.84. The molecule has 1 aromatic carbocycles. The molecule has 0 aliphatic heterocycles. The summed E-state index contributed by atoms with van der Waals surface area (Å²) in [6.07, 6.45) is 2.68. The maximum atomic E-state index is 10.8. The summed E-state index contributed by atoms with van der Waals surface area (Å²) < 4.78 is 0. The van der Waals surface area contributed by atoms with E-state index >= 15 is 0 Å². The van der Waals surface area contributed by atoms with Crippen LogP contribution in [0.5, 0.6) is 0 Å². The van der Waals surface area contributed by atoms with Gasteiger partial charge in [0.05, 0.1) is 10.6 Å². The number of benzene rings is 1. The van der Waals surface area contributed by atoms with Gasteiger partial charge in [0.15, 0.2) is 5.78 Å². The van der Waals surface area contributed by atoms with Gasteiger partial charge >= 0.3 is 5.97 Å². The van der Waals surface area contributed by atoms with Gasteiger partial charge in [0.1, 0.15) is 0 Å². The van der Waals surface area contributed by atoms with Crippen molar-refractivity contribution in [1.29, 1.82) is 0 Å².